The molecule has 0 fully saturated rings. The normalized spacial score (nSPS) is 10.9. The summed E-state index contributed by atoms with van der Waals surface area (Å²) in [4.78, 5) is 37.0. The molecule has 0 radical (unpaired) electrons. The second kappa shape index (κ2) is 11.2. The van der Waals surface area contributed by atoms with Crippen LogP contribution in [0.3, 0.4) is 0 Å². The van der Waals surface area contributed by atoms with Crippen LogP contribution in [0.4, 0.5) is 5.69 Å². The van der Waals surface area contributed by atoms with Crippen molar-refractivity contribution in [3.8, 4) is 5.75 Å². The molecule has 3 amide bonds. The number of carbonyl (C=O) groups excluding carboxylic acids is 3. The Balaban J connectivity index is 1.51. The van der Waals surface area contributed by atoms with E-state index in [9.17, 15) is 14.4 Å². The van der Waals surface area contributed by atoms with Gasteiger partial charge in [0.15, 0.2) is 6.61 Å². The lowest BCUT2D eigenvalue weighted by Crippen LogP contribution is -2.43. The predicted octanol–water partition coefficient (Wildman–Crippen LogP) is 5.15. The molecule has 0 aliphatic carbocycles. The predicted molar refractivity (Wildman–Crippen MR) is 140 cm³/mol. The number of aryl methyl sites for hydroxylation is 1. The molecule has 35 heavy (non-hydrogen) atoms. The molecule has 7 nitrogen and oxygen atoms in total. The zero-order valence-corrected chi connectivity index (χ0v) is 21.7. The van der Waals surface area contributed by atoms with Gasteiger partial charge in [-0.15, -0.1) is 0 Å². The van der Waals surface area contributed by atoms with E-state index in [2.05, 4.69) is 52.9 Å². The fourth-order valence-corrected chi connectivity index (χ4v) is 3.68. The summed E-state index contributed by atoms with van der Waals surface area (Å²) in [5.41, 5.74) is 7.83. The second-order valence-electron chi connectivity index (χ2n) is 9.03. The van der Waals surface area contributed by atoms with Crippen molar-refractivity contribution >= 4 is 39.3 Å². The highest BCUT2D eigenvalue weighted by molar-refractivity contribution is 9.10. The van der Waals surface area contributed by atoms with Gasteiger partial charge >= 0.3 is 0 Å². The summed E-state index contributed by atoms with van der Waals surface area (Å²) in [6, 6.07) is 19.3. The Morgan fingerprint density at radius 2 is 1.57 bits per heavy atom. The van der Waals surface area contributed by atoms with Crippen molar-refractivity contribution in [1.82, 2.24) is 10.9 Å². The zero-order valence-electron chi connectivity index (χ0n) is 20.1. The van der Waals surface area contributed by atoms with Gasteiger partial charge in [-0.25, -0.2) is 0 Å². The summed E-state index contributed by atoms with van der Waals surface area (Å²) in [5.74, 6) is -0.615. The molecule has 3 aromatic carbocycles. The Morgan fingerprint density at radius 1 is 0.886 bits per heavy atom. The van der Waals surface area contributed by atoms with E-state index in [-0.39, 0.29) is 17.9 Å². The Hall–Kier alpha value is -3.65. The zero-order chi connectivity index (χ0) is 25.6. The summed E-state index contributed by atoms with van der Waals surface area (Å²) < 4.78 is 6.61. The summed E-state index contributed by atoms with van der Waals surface area (Å²) in [5, 5.41) is 2.81. The molecule has 0 aliphatic heterocycles. The van der Waals surface area contributed by atoms with Gasteiger partial charge in [0.05, 0.1) is 0 Å². The van der Waals surface area contributed by atoms with Crippen LogP contribution < -0.4 is 20.9 Å². The highest BCUT2D eigenvalue weighted by Gasteiger charge is 2.20. The standard InChI is InChI=1S/C27H28BrN3O4/c1-17-7-5-6-8-21(17)26(34)29-20-12-9-18(10-13-20)25(33)31-30-24(32)16-35-23-14-11-19(28)15-22(23)27(2,3)4/h5-15H,16H2,1-4H3,(H,29,34)(H,30,32)(H,31,33). The maximum Gasteiger partial charge on any atom is 0.276 e. The fraction of sp³-hybridized carbons (Fsp3) is 0.222. The molecule has 0 bridgehead atoms. The number of nitrogens with one attached hydrogen (secondary N) is 3. The van der Waals surface area contributed by atoms with Crippen LogP contribution in [0.15, 0.2) is 71.2 Å². The van der Waals surface area contributed by atoms with Crippen LogP contribution in [0.25, 0.3) is 0 Å². The molecule has 3 rings (SSSR count). The molecule has 0 saturated carbocycles. The van der Waals surface area contributed by atoms with Gasteiger partial charge in [0.25, 0.3) is 17.7 Å². The topological polar surface area (TPSA) is 96.5 Å². The number of ether oxygens (including phenoxy) is 1. The van der Waals surface area contributed by atoms with Crippen molar-refractivity contribution in [1.29, 1.82) is 0 Å². The fourth-order valence-electron chi connectivity index (χ4n) is 3.32. The van der Waals surface area contributed by atoms with Crippen molar-refractivity contribution in [2.45, 2.75) is 33.1 Å². The average Bonchev–Trinajstić information content (AvgIpc) is 2.81. The SMILES string of the molecule is Cc1ccccc1C(=O)Nc1ccc(C(=O)NNC(=O)COc2ccc(Br)cc2C(C)(C)C)cc1. The van der Waals surface area contributed by atoms with Gasteiger partial charge in [-0.2, -0.15) is 0 Å². The number of hydrogen-bond donors (Lipinski definition) is 3. The van der Waals surface area contributed by atoms with Crippen LogP contribution in [0.2, 0.25) is 0 Å². The van der Waals surface area contributed by atoms with Crippen molar-refractivity contribution < 1.29 is 19.1 Å². The van der Waals surface area contributed by atoms with Crippen LogP contribution in [0.5, 0.6) is 5.75 Å². The molecule has 0 aliphatic rings. The van der Waals surface area contributed by atoms with Gasteiger partial charge in [0, 0.05) is 26.9 Å². The van der Waals surface area contributed by atoms with E-state index >= 15 is 0 Å². The molecule has 3 aromatic rings. The number of rotatable bonds is 6. The van der Waals surface area contributed by atoms with Crippen LogP contribution in [0.1, 0.15) is 52.6 Å². The first kappa shape index (κ1) is 26.0. The lowest BCUT2D eigenvalue weighted by molar-refractivity contribution is -0.123. The highest BCUT2D eigenvalue weighted by Crippen LogP contribution is 2.33. The number of hydrogen-bond acceptors (Lipinski definition) is 4. The van der Waals surface area contributed by atoms with Crippen LogP contribution in [-0.4, -0.2) is 24.3 Å². The lowest BCUT2D eigenvalue weighted by atomic mass is 9.86. The van der Waals surface area contributed by atoms with Gasteiger partial charge in [0.2, 0.25) is 0 Å². The van der Waals surface area contributed by atoms with Crippen molar-refractivity contribution in [2.24, 2.45) is 0 Å². The highest BCUT2D eigenvalue weighted by atomic mass is 79.9. The molecular formula is C27H28BrN3O4. The monoisotopic (exact) mass is 537 g/mol. The minimum atomic E-state index is -0.497. The smallest absolute Gasteiger partial charge is 0.276 e. The van der Waals surface area contributed by atoms with Gasteiger partial charge in [-0.05, 0) is 66.4 Å². The molecule has 0 heterocycles. The van der Waals surface area contributed by atoms with E-state index in [1.165, 1.54) is 0 Å². The van der Waals surface area contributed by atoms with Crippen LogP contribution in [-0.2, 0) is 10.2 Å². The number of benzene rings is 3. The first-order valence-electron chi connectivity index (χ1n) is 11.0. The third-order valence-electron chi connectivity index (χ3n) is 5.22. The van der Waals surface area contributed by atoms with Crippen molar-refractivity contribution in [3.63, 3.8) is 0 Å². The van der Waals surface area contributed by atoms with E-state index in [1.807, 2.05) is 31.2 Å². The number of amides is 3. The minimum Gasteiger partial charge on any atom is -0.483 e. The van der Waals surface area contributed by atoms with Gasteiger partial charge in [-0.1, -0.05) is 54.9 Å². The molecule has 0 atom stereocenters. The lowest BCUT2D eigenvalue weighted by Gasteiger charge is -2.23. The maximum absolute atomic E-state index is 12.4. The molecule has 0 saturated heterocycles. The molecule has 0 aromatic heterocycles. The van der Waals surface area contributed by atoms with E-state index in [0.717, 1.165) is 15.6 Å². The third-order valence-corrected chi connectivity index (χ3v) is 5.71. The number of hydrazine groups is 1. The molecule has 8 heteroatoms. The maximum atomic E-state index is 12.4. The molecule has 0 spiro atoms. The molecule has 3 N–H and O–H groups in total. The van der Waals surface area contributed by atoms with E-state index in [0.29, 0.717) is 22.6 Å². The second-order valence-corrected chi connectivity index (χ2v) is 9.94. The quantitative estimate of drug-likeness (QED) is 0.379. The van der Waals surface area contributed by atoms with Gasteiger partial charge in [0.1, 0.15) is 5.75 Å². The van der Waals surface area contributed by atoms with E-state index in [4.69, 9.17) is 4.74 Å². The summed E-state index contributed by atoms with van der Waals surface area (Å²) >= 11 is 3.46. The van der Waals surface area contributed by atoms with Crippen LogP contribution in [0, 0.1) is 6.92 Å². The average molecular weight is 538 g/mol. The Bertz CT molecular complexity index is 1230. The first-order chi connectivity index (χ1) is 16.5. The first-order valence-corrected chi connectivity index (χ1v) is 11.8. The van der Waals surface area contributed by atoms with Crippen molar-refractivity contribution in [3.05, 3.63) is 93.5 Å². The third kappa shape index (κ3) is 7.16. The van der Waals surface area contributed by atoms with Crippen molar-refractivity contribution in [2.75, 3.05) is 11.9 Å². The minimum absolute atomic E-state index is 0.171. The Labute approximate surface area is 213 Å². The number of anilines is 1. The van der Waals surface area contributed by atoms with Crippen LogP contribution >= 0.6 is 15.9 Å². The summed E-state index contributed by atoms with van der Waals surface area (Å²) in [6.45, 7) is 7.78. The van der Waals surface area contributed by atoms with Gasteiger partial charge in [-0.3, -0.25) is 25.2 Å². The molecule has 182 valence electrons. The van der Waals surface area contributed by atoms with Gasteiger partial charge < -0.3 is 10.1 Å². The molecule has 0 unspecified atom stereocenters. The number of halogens is 1. The van der Waals surface area contributed by atoms with E-state index in [1.54, 1.807) is 42.5 Å². The Kier molecular flexibility index (Phi) is 8.30. The summed E-state index contributed by atoms with van der Waals surface area (Å²) in [6.07, 6.45) is 0. The molecular weight excluding hydrogens is 510 g/mol. The largest absolute Gasteiger partial charge is 0.483 e. The Morgan fingerprint density at radius 3 is 2.23 bits per heavy atom. The number of carbonyl (C=O) groups is 3. The van der Waals surface area contributed by atoms with E-state index < -0.39 is 11.8 Å². The summed E-state index contributed by atoms with van der Waals surface area (Å²) in [7, 11) is 0.